The monoisotopic (exact) mass is 741 g/mol. The minimum atomic E-state index is -0.846. The van der Waals surface area contributed by atoms with Crippen LogP contribution in [-0.2, 0) is 54.0 Å². The molecular weight excluding hydrogens is 685 g/mol. The number of ether oxygens (including phenoxy) is 2. The van der Waals surface area contributed by atoms with Crippen LogP contribution >= 0.6 is 0 Å². The second-order valence-corrected chi connectivity index (χ2v) is 16.1. The Hall–Kier alpha value is -4.02. The van der Waals surface area contributed by atoms with Gasteiger partial charge < -0.3 is 28.6 Å². The topological polar surface area (TPSA) is 103 Å². The molecule has 2 atom stereocenters. The highest BCUT2D eigenvalue weighted by Gasteiger charge is 2.32. The average molecular weight is 742 g/mol. The number of carbonyl (C=O) groups excluding carboxylic acids is 2. The molecule has 1 amide bonds. The first-order chi connectivity index (χ1) is 26.1. The number of hydrogen-bond acceptors (Lipinski definition) is 5. The number of aryl methyl sites for hydroxylation is 2. The Morgan fingerprint density at radius 2 is 1.22 bits per heavy atom. The number of carboxylic acids is 1. The van der Waals surface area contributed by atoms with Crippen LogP contribution in [0.15, 0.2) is 36.4 Å². The van der Waals surface area contributed by atoms with Crippen LogP contribution in [0.5, 0.6) is 0 Å². The van der Waals surface area contributed by atoms with E-state index in [1.165, 1.54) is 53.1 Å². The highest BCUT2D eigenvalue weighted by molar-refractivity contribution is 6.01. The Bertz CT molecular complexity index is 2000. The molecule has 2 fully saturated rings. The van der Waals surface area contributed by atoms with Crippen LogP contribution < -0.4 is 0 Å². The van der Waals surface area contributed by atoms with Crippen molar-refractivity contribution in [3.63, 3.8) is 0 Å². The number of Topliss-reactive ketones (excluding diaryl/α,β-unsaturated/α-hetero) is 1. The number of benzene rings is 2. The summed E-state index contributed by atoms with van der Waals surface area (Å²) in [4.78, 5) is 37.7. The fourth-order valence-electron chi connectivity index (χ4n) is 9.96. The van der Waals surface area contributed by atoms with E-state index in [2.05, 4.69) is 23.2 Å². The van der Waals surface area contributed by atoms with Crippen LogP contribution in [0.4, 0.5) is 4.39 Å². The normalized spacial score (nSPS) is 20.6. The van der Waals surface area contributed by atoms with Crippen molar-refractivity contribution in [3.8, 4) is 0 Å². The van der Waals surface area contributed by atoms with Crippen LogP contribution in [0.25, 0.3) is 21.8 Å². The van der Waals surface area contributed by atoms with Gasteiger partial charge in [0.1, 0.15) is 0 Å². The van der Waals surface area contributed by atoms with Crippen molar-refractivity contribution in [1.29, 1.82) is 0 Å². The highest BCUT2D eigenvalue weighted by Crippen LogP contribution is 2.41. The van der Waals surface area contributed by atoms with E-state index in [-0.39, 0.29) is 31.1 Å². The summed E-state index contributed by atoms with van der Waals surface area (Å²) in [5, 5.41) is 11.6. The van der Waals surface area contributed by atoms with Gasteiger partial charge in [0.2, 0.25) is 0 Å². The molecule has 9 nitrogen and oxygen atoms in total. The molecule has 54 heavy (non-hydrogen) atoms. The number of ketones is 1. The number of carbonyl (C=O) groups is 3. The number of carboxylic acid groups (broad SMARTS) is 1. The molecule has 8 rings (SSSR count). The van der Waals surface area contributed by atoms with E-state index < -0.39 is 12.6 Å². The first-order valence-corrected chi connectivity index (χ1v) is 20.1. The Labute approximate surface area is 317 Å². The van der Waals surface area contributed by atoms with Crippen molar-refractivity contribution in [3.05, 3.63) is 70.0 Å². The summed E-state index contributed by atoms with van der Waals surface area (Å²) in [6, 6.07) is 11.4. The van der Waals surface area contributed by atoms with E-state index in [0.29, 0.717) is 23.0 Å². The smallest absolute Gasteiger partial charge is 0.335 e. The lowest BCUT2D eigenvalue weighted by Gasteiger charge is -2.33. The van der Waals surface area contributed by atoms with Crippen LogP contribution in [0, 0.1) is 23.7 Å². The summed E-state index contributed by atoms with van der Waals surface area (Å²) < 4.78 is 27.9. The summed E-state index contributed by atoms with van der Waals surface area (Å²) in [6.07, 6.45) is 11.8. The number of alkyl halides is 1. The number of rotatable bonds is 9. The minimum absolute atomic E-state index is 0.0234. The molecule has 290 valence electrons. The summed E-state index contributed by atoms with van der Waals surface area (Å²) in [5.41, 5.74) is 8.87. The fourth-order valence-corrected chi connectivity index (χ4v) is 9.96. The third-order valence-corrected chi connectivity index (χ3v) is 13.0. The fraction of sp³-hybridized carbons (Fsp3) is 0.568. The van der Waals surface area contributed by atoms with Gasteiger partial charge >= 0.3 is 5.97 Å². The van der Waals surface area contributed by atoms with Crippen molar-refractivity contribution in [2.24, 2.45) is 37.8 Å². The maximum Gasteiger partial charge on any atom is 0.335 e. The summed E-state index contributed by atoms with van der Waals surface area (Å²) >= 11 is 0. The molecule has 1 N–H and O–H groups in total. The van der Waals surface area contributed by atoms with E-state index in [0.717, 1.165) is 98.6 Å². The van der Waals surface area contributed by atoms with Crippen molar-refractivity contribution in [1.82, 2.24) is 14.0 Å². The van der Waals surface area contributed by atoms with E-state index in [1.54, 1.807) is 13.1 Å². The van der Waals surface area contributed by atoms with Crippen LogP contribution in [0.2, 0.25) is 0 Å². The van der Waals surface area contributed by atoms with Crippen molar-refractivity contribution < 1.29 is 33.4 Å². The van der Waals surface area contributed by atoms with Gasteiger partial charge in [0.25, 0.3) is 5.91 Å². The molecule has 2 aliphatic heterocycles. The number of fused-ring (bicyclic) bond motifs is 6. The zero-order chi connectivity index (χ0) is 37.9. The van der Waals surface area contributed by atoms with Gasteiger partial charge in [-0.3, -0.25) is 14.0 Å². The minimum Gasteiger partial charge on any atom is -0.478 e. The van der Waals surface area contributed by atoms with Crippen LogP contribution in [0.1, 0.15) is 94.6 Å². The van der Waals surface area contributed by atoms with Gasteiger partial charge in [-0.2, -0.15) is 0 Å². The number of hydrogen-bond donors (Lipinski definition) is 1. The lowest BCUT2D eigenvalue weighted by molar-refractivity contribution is -0.119. The molecule has 0 bridgehead atoms. The van der Waals surface area contributed by atoms with Crippen molar-refractivity contribution in [2.45, 2.75) is 77.0 Å². The lowest BCUT2D eigenvalue weighted by atomic mass is 9.75. The summed E-state index contributed by atoms with van der Waals surface area (Å²) in [5.74, 6) is 1.76. The molecule has 2 aliphatic carbocycles. The molecule has 2 aromatic carbocycles. The molecule has 2 aromatic heterocycles. The lowest BCUT2D eigenvalue weighted by Crippen LogP contribution is -2.32. The first-order valence-electron chi connectivity index (χ1n) is 20.1. The van der Waals surface area contributed by atoms with Crippen LogP contribution in [-0.4, -0.2) is 83.5 Å². The number of aromatic carboxylic acids is 1. The standard InChI is InChI=1S/C25H33FN2O3.C19H23NO3/c1-27(16-20(29)4-3-11-26)25(30)19-6-8-24-22(15-19)21-14-18(5-7-23(21)28(24)2)17-9-12-31-13-10-17;1-20-17-4-2-13(12-6-8-23-9-7-12)10-15(17)16-11-14(19(21)22)3-5-18(16)20/h6,8,15,17-18H,3-5,7,9-14,16H2,1-2H3;3,5,11-13H,2,4,6-10H2,1H3,(H,21,22). The quantitative estimate of drug-likeness (QED) is 0.191. The van der Waals surface area contributed by atoms with Crippen molar-refractivity contribution in [2.75, 3.05) is 46.7 Å². The number of nitrogens with zero attached hydrogens (tertiary/aromatic N) is 3. The summed E-state index contributed by atoms with van der Waals surface area (Å²) in [6.45, 7) is 3.06. The molecule has 2 saturated heterocycles. The zero-order valence-corrected chi connectivity index (χ0v) is 32.2. The highest BCUT2D eigenvalue weighted by atomic mass is 19.1. The molecule has 10 heteroatoms. The second kappa shape index (κ2) is 16.8. The van der Waals surface area contributed by atoms with E-state index in [4.69, 9.17) is 9.47 Å². The predicted octanol–water partition coefficient (Wildman–Crippen LogP) is 7.51. The molecule has 0 radical (unpaired) electrons. The van der Waals surface area contributed by atoms with Crippen molar-refractivity contribution >= 4 is 39.5 Å². The molecule has 4 heterocycles. The molecule has 4 aromatic rings. The third-order valence-electron chi connectivity index (χ3n) is 13.0. The van der Waals surface area contributed by atoms with E-state index in [9.17, 15) is 23.9 Å². The second-order valence-electron chi connectivity index (χ2n) is 16.1. The summed E-state index contributed by atoms with van der Waals surface area (Å²) in [7, 11) is 5.87. The van der Waals surface area contributed by atoms with Gasteiger partial charge in [-0.15, -0.1) is 0 Å². The van der Waals surface area contributed by atoms with E-state index >= 15 is 0 Å². The zero-order valence-electron chi connectivity index (χ0n) is 32.2. The molecule has 0 saturated carbocycles. The van der Waals surface area contributed by atoms with Gasteiger partial charge in [0.15, 0.2) is 5.78 Å². The number of likely N-dealkylation sites (N-methyl/N-ethyl adjacent to an activating group) is 1. The molecular formula is C44H56FN3O6. The maximum absolute atomic E-state index is 13.0. The predicted molar refractivity (Wildman–Crippen MR) is 208 cm³/mol. The van der Waals surface area contributed by atoms with E-state index in [1.807, 2.05) is 30.3 Å². The van der Waals surface area contributed by atoms with Gasteiger partial charge in [-0.25, -0.2) is 4.79 Å². The van der Waals surface area contributed by atoms with Gasteiger partial charge in [-0.1, -0.05) is 0 Å². The Morgan fingerprint density at radius 1 is 0.741 bits per heavy atom. The third kappa shape index (κ3) is 7.87. The molecule has 2 unspecified atom stereocenters. The number of amides is 1. The van der Waals surface area contributed by atoms with Gasteiger partial charge in [0, 0.05) is 92.7 Å². The Balaban J connectivity index is 0.000000174. The van der Waals surface area contributed by atoms with Crippen LogP contribution in [0.3, 0.4) is 0 Å². The average Bonchev–Trinajstić information content (AvgIpc) is 3.65. The Morgan fingerprint density at radius 3 is 1.70 bits per heavy atom. The number of aromatic nitrogens is 2. The largest absolute Gasteiger partial charge is 0.478 e. The first kappa shape index (κ1) is 38.3. The molecule has 0 spiro atoms. The van der Waals surface area contributed by atoms with Gasteiger partial charge in [-0.05, 0) is 142 Å². The maximum atomic E-state index is 13.0. The Kier molecular flexibility index (Phi) is 11.9. The van der Waals surface area contributed by atoms with Gasteiger partial charge in [0.05, 0.1) is 18.8 Å². The molecule has 4 aliphatic rings. The SMILES string of the molecule is CN(CC(=O)CCCF)C(=O)c1ccc2c(c1)c1c(n2C)CCC(C2CCOCC2)C1.Cn1c2c(c3cc(C(=O)O)ccc31)CC(C1CCOCC1)CC2. The number of halogens is 1.